The standard InChI is InChI=1S/C24H30N4O/c1-18(2)19-7-9-21(10-8-19)26-24(29)28-15-13-27(14-16-28)12-11-20-17-25-23-6-4-3-5-22(20)23/h3-10,17-18,25H,11-16H2,1-2H3,(H,26,29). The summed E-state index contributed by atoms with van der Waals surface area (Å²) >= 11 is 0. The number of amides is 2. The third-order valence-electron chi connectivity index (χ3n) is 5.86. The van der Waals surface area contributed by atoms with Crippen LogP contribution < -0.4 is 5.32 Å². The number of hydrogen-bond donors (Lipinski definition) is 2. The third kappa shape index (κ3) is 4.62. The van der Waals surface area contributed by atoms with Gasteiger partial charge >= 0.3 is 6.03 Å². The maximum atomic E-state index is 12.6. The largest absolute Gasteiger partial charge is 0.361 e. The Bertz CT molecular complexity index is 952. The number of H-pyrrole nitrogens is 1. The highest BCUT2D eigenvalue weighted by Crippen LogP contribution is 2.19. The Balaban J connectivity index is 1.25. The minimum atomic E-state index is -0.00132. The fraction of sp³-hybridized carbons (Fsp3) is 0.375. The Morgan fingerprint density at radius 2 is 1.76 bits per heavy atom. The van der Waals surface area contributed by atoms with Gasteiger partial charge in [0.1, 0.15) is 0 Å². The van der Waals surface area contributed by atoms with E-state index in [1.807, 2.05) is 17.0 Å². The molecule has 0 unspecified atom stereocenters. The average Bonchev–Trinajstić information content (AvgIpc) is 3.16. The monoisotopic (exact) mass is 390 g/mol. The third-order valence-corrected chi connectivity index (χ3v) is 5.86. The molecule has 2 heterocycles. The van der Waals surface area contributed by atoms with Gasteiger partial charge in [0.2, 0.25) is 0 Å². The summed E-state index contributed by atoms with van der Waals surface area (Å²) in [5, 5.41) is 4.35. The van der Waals surface area contributed by atoms with Crippen molar-refractivity contribution in [3.8, 4) is 0 Å². The number of nitrogens with one attached hydrogen (secondary N) is 2. The van der Waals surface area contributed by atoms with Gasteiger partial charge in [0.05, 0.1) is 0 Å². The molecule has 0 radical (unpaired) electrons. The van der Waals surface area contributed by atoms with Crippen LogP contribution in [0.15, 0.2) is 54.7 Å². The lowest BCUT2D eigenvalue weighted by Gasteiger charge is -2.34. The van der Waals surface area contributed by atoms with Crippen molar-refractivity contribution in [1.29, 1.82) is 0 Å². The van der Waals surface area contributed by atoms with E-state index in [9.17, 15) is 4.79 Å². The van der Waals surface area contributed by atoms with E-state index >= 15 is 0 Å². The van der Waals surface area contributed by atoms with E-state index in [2.05, 4.69) is 71.6 Å². The molecular weight excluding hydrogens is 360 g/mol. The summed E-state index contributed by atoms with van der Waals surface area (Å²) in [6, 6.07) is 16.6. The zero-order valence-electron chi connectivity index (χ0n) is 17.3. The van der Waals surface area contributed by atoms with Gasteiger partial charge in [-0.25, -0.2) is 4.79 Å². The summed E-state index contributed by atoms with van der Waals surface area (Å²) in [6.45, 7) is 8.74. The Hall–Kier alpha value is -2.79. The van der Waals surface area contributed by atoms with Crippen molar-refractivity contribution < 1.29 is 4.79 Å². The van der Waals surface area contributed by atoms with Gasteiger partial charge in [0, 0.05) is 55.5 Å². The van der Waals surface area contributed by atoms with E-state index in [0.717, 1.165) is 44.8 Å². The number of urea groups is 1. The molecule has 4 rings (SSSR count). The number of piperazine rings is 1. The van der Waals surface area contributed by atoms with Crippen LogP contribution in [0.5, 0.6) is 0 Å². The summed E-state index contributed by atoms with van der Waals surface area (Å²) in [4.78, 5) is 20.3. The average molecular weight is 391 g/mol. The number of para-hydroxylation sites is 1. The van der Waals surface area contributed by atoms with Crippen LogP contribution in [0.4, 0.5) is 10.5 Å². The molecule has 1 fully saturated rings. The number of nitrogens with zero attached hydrogens (tertiary/aromatic N) is 2. The number of anilines is 1. The van der Waals surface area contributed by atoms with E-state index < -0.39 is 0 Å². The SMILES string of the molecule is CC(C)c1ccc(NC(=O)N2CCN(CCc3c[nH]c4ccccc34)CC2)cc1. The van der Waals surface area contributed by atoms with E-state index in [-0.39, 0.29) is 6.03 Å². The molecule has 2 N–H and O–H groups in total. The van der Waals surface area contributed by atoms with E-state index in [1.54, 1.807) is 0 Å². The van der Waals surface area contributed by atoms with Gasteiger partial charge in [-0.05, 0) is 41.7 Å². The van der Waals surface area contributed by atoms with Gasteiger partial charge in [-0.1, -0.05) is 44.2 Å². The second kappa shape index (κ2) is 8.70. The number of carbonyl (C=O) groups is 1. The first-order valence-electron chi connectivity index (χ1n) is 10.5. The maximum Gasteiger partial charge on any atom is 0.321 e. The molecule has 2 amide bonds. The predicted octanol–water partition coefficient (Wildman–Crippen LogP) is 4.68. The Morgan fingerprint density at radius 3 is 2.48 bits per heavy atom. The zero-order chi connectivity index (χ0) is 20.2. The van der Waals surface area contributed by atoms with E-state index in [1.165, 1.54) is 22.0 Å². The van der Waals surface area contributed by atoms with Crippen LogP contribution in [0.3, 0.4) is 0 Å². The topological polar surface area (TPSA) is 51.4 Å². The van der Waals surface area contributed by atoms with Crippen molar-refractivity contribution in [2.45, 2.75) is 26.2 Å². The fourth-order valence-corrected chi connectivity index (χ4v) is 3.95. The van der Waals surface area contributed by atoms with Crippen LogP contribution in [0.2, 0.25) is 0 Å². The predicted molar refractivity (Wildman–Crippen MR) is 120 cm³/mol. The molecule has 1 aromatic heterocycles. The minimum absolute atomic E-state index is 0.00132. The Labute approximate surface area is 172 Å². The van der Waals surface area contributed by atoms with Crippen molar-refractivity contribution in [2.24, 2.45) is 0 Å². The van der Waals surface area contributed by atoms with Crippen LogP contribution in [0.1, 0.15) is 30.9 Å². The summed E-state index contributed by atoms with van der Waals surface area (Å²) < 4.78 is 0. The molecule has 0 spiro atoms. The van der Waals surface area contributed by atoms with Crippen LogP contribution in [0, 0.1) is 0 Å². The first-order chi connectivity index (χ1) is 14.1. The minimum Gasteiger partial charge on any atom is -0.361 e. The Morgan fingerprint density at radius 1 is 1.03 bits per heavy atom. The molecule has 1 aliphatic heterocycles. The lowest BCUT2D eigenvalue weighted by Crippen LogP contribution is -2.50. The van der Waals surface area contributed by atoms with E-state index in [0.29, 0.717) is 5.92 Å². The van der Waals surface area contributed by atoms with Crippen LogP contribution in [-0.4, -0.2) is 53.5 Å². The molecule has 2 aromatic carbocycles. The second-order valence-electron chi connectivity index (χ2n) is 8.15. The molecule has 29 heavy (non-hydrogen) atoms. The Kier molecular flexibility index (Phi) is 5.86. The molecule has 3 aromatic rings. The number of benzene rings is 2. The molecule has 152 valence electrons. The highest BCUT2D eigenvalue weighted by atomic mass is 16.2. The number of hydrogen-bond acceptors (Lipinski definition) is 2. The van der Waals surface area contributed by atoms with Gasteiger partial charge in [0.15, 0.2) is 0 Å². The number of carbonyl (C=O) groups excluding carboxylic acids is 1. The summed E-state index contributed by atoms with van der Waals surface area (Å²) in [5.74, 6) is 0.497. The maximum absolute atomic E-state index is 12.6. The van der Waals surface area contributed by atoms with Crippen LogP contribution in [-0.2, 0) is 6.42 Å². The smallest absolute Gasteiger partial charge is 0.321 e. The molecule has 0 saturated carbocycles. The molecule has 5 heteroatoms. The fourth-order valence-electron chi connectivity index (χ4n) is 3.95. The lowest BCUT2D eigenvalue weighted by molar-refractivity contribution is 0.148. The van der Waals surface area contributed by atoms with Gasteiger partial charge in [-0.2, -0.15) is 0 Å². The quantitative estimate of drug-likeness (QED) is 0.664. The summed E-state index contributed by atoms with van der Waals surface area (Å²) in [6.07, 6.45) is 3.15. The number of rotatable bonds is 5. The molecule has 0 atom stereocenters. The highest BCUT2D eigenvalue weighted by Gasteiger charge is 2.21. The van der Waals surface area contributed by atoms with Crippen molar-refractivity contribution in [2.75, 3.05) is 38.0 Å². The normalized spacial score (nSPS) is 15.2. The summed E-state index contributed by atoms with van der Waals surface area (Å²) in [7, 11) is 0. The highest BCUT2D eigenvalue weighted by molar-refractivity contribution is 5.89. The summed E-state index contributed by atoms with van der Waals surface area (Å²) in [5.41, 5.74) is 4.71. The lowest BCUT2D eigenvalue weighted by atomic mass is 10.0. The van der Waals surface area contributed by atoms with Gasteiger partial charge in [-0.15, -0.1) is 0 Å². The van der Waals surface area contributed by atoms with Crippen molar-refractivity contribution in [3.63, 3.8) is 0 Å². The van der Waals surface area contributed by atoms with Crippen molar-refractivity contribution in [1.82, 2.24) is 14.8 Å². The van der Waals surface area contributed by atoms with Crippen molar-refractivity contribution in [3.05, 3.63) is 65.9 Å². The van der Waals surface area contributed by atoms with Crippen molar-refractivity contribution >= 4 is 22.6 Å². The number of fused-ring (bicyclic) bond motifs is 1. The molecule has 5 nitrogen and oxygen atoms in total. The molecule has 1 aliphatic rings. The molecular formula is C24H30N4O. The molecule has 0 aliphatic carbocycles. The van der Waals surface area contributed by atoms with Crippen LogP contribution in [0.25, 0.3) is 10.9 Å². The van der Waals surface area contributed by atoms with Gasteiger partial charge < -0.3 is 15.2 Å². The number of aromatic nitrogens is 1. The molecule has 0 bridgehead atoms. The van der Waals surface area contributed by atoms with Crippen LogP contribution >= 0.6 is 0 Å². The molecule has 1 saturated heterocycles. The first-order valence-corrected chi connectivity index (χ1v) is 10.5. The van der Waals surface area contributed by atoms with Gasteiger partial charge in [-0.3, -0.25) is 4.90 Å². The number of aromatic amines is 1. The van der Waals surface area contributed by atoms with E-state index in [4.69, 9.17) is 0 Å². The second-order valence-corrected chi connectivity index (χ2v) is 8.15. The van der Waals surface area contributed by atoms with Gasteiger partial charge in [0.25, 0.3) is 0 Å². The zero-order valence-corrected chi connectivity index (χ0v) is 17.3. The first kappa shape index (κ1) is 19.5.